The first-order valence-electron chi connectivity index (χ1n) is 16.7. The Bertz CT molecular complexity index is 1320. The van der Waals surface area contributed by atoms with E-state index in [0.717, 1.165) is 23.3 Å². The molecule has 0 bridgehead atoms. The monoisotopic (exact) mass is 656 g/mol. The Balaban J connectivity index is 1.45. The van der Waals surface area contributed by atoms with Gasteiger partial charge in [-0.05, 0) is 92.3 Å². The van der Waals surface area contributed by atoms with Crippen molar-refractivity contribution in [2.45, 2.75) is 96.8 Å². The summed E-state index contributed by atoms with van der Waals surface area (Å²) in [6.07, 6.45) is 2.87. The smallest absolute Gasteiger partial charge is 0.425 e. The molecule has 256 valence electrons. The average molecular weight is 657 g/mol. The summed E-state index contributed by atoms with van der Waals surface area (Å²) >= 11 is 0. The minimum absolute atomic E-state index is 0.0750. The van der Waals surface area contributed by atoms with Gasteiger partial charge in [0.25, 0.3) is 0 Å². The molecule has 1 atom stereocenters. The molecule has 3 aromatic rings. The van der Waals surface area contributed by atoms with Crippen LogP contribution >= 0.6 is 0 Å². The molecule has 0 spiro atoms. The number of benzene rings is 3. The van der Waals surface area contributed by atoms with Gasteiger partial charge in [-0.3, -0.25) is 0 Å². The lowest BCUT2D eigenvalue weighted by Gasteiger charge is -2.20. The molecule has 3 aromatic carbocycles. The number of unbranched alkanes of at least 4 members (excludes halogenated alkanes) is 8. The standard InChI is InChI=1S/C38H47F3O6/c1-3-5-6-7-8-9-13-28-45-33-23-19-30(20-24-33)29-15-17-31(18-16-29)36(42)46-34-25-21-32(22-26-34)37(43)47-35(38(39,40)41)14-11-10-12-27-44-4-2/h15-26,35H,3-14,27-28H2,1-2H3/t35-/m1/s1. The first-order chi connectivity index (χ1) is 22.7. The molecule has 3 rings (SSSR count). The Morgan fingerprint density at radius 2 is 1.13 bits per heavy atom. The summed E-state index contributed by atoms with van der Waals surface area (Å²) in [6.45, 7) is 5.81. The van der Waals surface area contributed by atoms with Crippen LogP contribution in [-0.2, 0) is 9.47 Å². The number of carbonyl (C=O) groups is 2. The van der Waals surface area contributed by atoms with E-state index in [1.165, 1.54) is 62.8 Å². The number of rotatable bonds is 21. The number of hydrogen-bond donors (Lipinski definition) is 0. The first kappa shape index (κ1) is 37.6. The number of alkyl halides is 3. The van der Waals surface area contributed by atoms with Gasteiger partial charge in [-0.25, -0.2) is 9.59 Å². The zero-order valence-electron chi connectivity index (χ0n) is 27.5. The summed E-state index contributed by atoms with van der Waals surface area (Å²) < 4.78 is 61.7. The Morgan fingerprint density at radius 3 is 1.74 bits per heavy atom. The van der Waals surface area contributed by atoms with Crippen molar-refractivity contribution in [2.75, 3.05) is 19.8 Å². The fourth-order valence-electron chi connectivity index (χ4n) is 4.96. The number of ether oxygens (including phenoxy) is 4. The molecule has 0 aliphatic carbocycles. The lowest BCUT2D eigenvalue weighted by Crippen LogP contribution is -2.33. The fourth-order valence-corrected chi connectivity index (χ4v) is 4.96. The van der Waals surface area contributed by atoms with Gasteiger partial charge in [-0.15, -0.1) is 0 Å². The molecular formula is C38H47F3O6. The second-order valence-electron chi connectivity index (χ2n) is 11.5. The minimum Gasteiger partial charge on any atom is -0.494 e. The molecule has 0 aromatic heterocycles. The molecule has 0 heterocycles. The predicted octanol–water partition coefficient (Wildman–Crippen LogP) is 10.4. The van der Waals surface area contributed by atoms with E-state index in [1.807, 2.05) is 43.3 Å². The highest BCUT2D eigenvalue weighted by molar-refractivity contribution is 5.92. The van der Waals surface area contributed by atoms with E-state index in [4.69, 9.17) is 18.9 Å². The summed E-state index contributed by atoms with van der Waals surface area (Å²) in [5.74, 6) is -0.738. The van der Waals surface area contributed by atoms with Gasteiger partial charge in [-0.1, -0.05) is 76.1 Å². The van der Waals surface area contributed by atoms with E-state index >= 15 is 0 Å². The predicted molar refractivity (Wildman–Crippen MR) is 177 cm³/mol. The van der Waals surface area contributed by atoms with Crippen molar-refractivity contribution >= 4 is 11.9 Å². The van der Waals surface area contributed by atoms with Crippen molar-refractivity contribution in [2.24, 2.45) is 0 Å². The highest BCUT2D eigenvalue weighted by Gasteiger charge is 2.42. The van der Waals surface area contributed by atoms with Crippen LogP contribution in [0.5, 0.6) is 11.5 Å². The molecule has 6 nitrogen and oxygen atoms in total. The zero-order chi connectivity index (χ0) is 33.9. The normalized spacial score (nSPS) is 12.0. The largest absolute Gasteiger partial charge is 0.494 e. The van der Waals surface area contributed by atoms with E-state index in [9.17, 15) is 22.8 Å². The Labute approximate surface area is 276 Å². The van der Waals surface area contributed by atoms with E-state index in [0.29, 0.717) is 38.2 Å². The van der Waals surface area contributed by atoms with Crippen LogP contribution in [0.15, 0.2) is 72.8 Å². The van der Waals surface area contributed by atoms with Crippen LogP contribution in [0.2, 0.25) is 0 Å². The molecule has 0 saturated carbocycles. The molecule has 47 heavy (non-hydrogen) atoms. The number of esters is 2. The maximum atomic E-state index is 13.5. The molecule has 0 N–H and O–H groups in total. The third-order valence-corrected chi connectivity index (χ3v) is 7.70. The van der Waals surface area contributed by atoms with Gasteiger partial charge in [0.2, 0.25) is 0 Å². The van der Waals surface area contributed by atoms with E-state index < -0.39 is 24.2 Å². The van der Waals surface area contributed by atoms with Crippen LogP contribution in [-0.4, -0.2) is 44.0 Å². The zero-order valence-corrected chi connectivity index (χ0v) is 27.5. The Kier molecular flexibility index (Phi) is 16.3. The minimum atomic E-state index is -4.68. The maximum Gasteiger partial charge on any atom is 0.425 e. The summed E-state index contributed by atoms with van der Waals surface area (Å²) in [4.78, 5) is 25.2. The van der Waals surface area contributed by atoms with Gasteiger partial charge in [0, 0.05) is 13.2 Å². The van der Waals surface area contributed by atoms with Crippen molar-refractivity contribution < 1.29 is 41.7 Å². The topological polar surface area (TPSA) is 71.1 Å². The van der Waals surface area contributed by atoms with Crippen molar-refractivity contribution in [1.29, 1.82) is 0 Å². The molecule has 0 saturated heterocycles. The second kappa shape index (κ2) is 20.4. The number of carbonyl (C=O) groups excluding carboxylic acids is 2. The lowest BCUT2D eigenvalue weighted by molar-refractivity contribution is -0.206. The maximum absolute atomic E-state index is 13.5. The quantitative estimate of drug-likeness (QED) is 0.0646. The van der Waals surface area contributed by atoms with Crippen LogP contribution in [0.1, 0.15) is 105 Å². The molecule has 9 heteroatoms. The Hall–Kier alpha value is -3.85. The van der Waals surface area contributed by atoms with Crippen molar-refractivity contribution in [3.8, 4) is 22.6 Å². The molecule has 0 amide bonds. The van der Waals surface area contributed by atoms with Crippen LogP contribution < -0.4 is 9.47 Å². The summed E-state index contributed by atoms with van der Waals surface area (Å²) in [5, 5.41) is 0. The van der Waals surface area contributed by atoms with Gasteiger partial charge < -0.3 is 18.9 Å². The van der Waals surface area contributed by atoms with Gasteiger partial charge in [0.15, 0.2) is 6.10 Å². The van der Waals surface area contributed by atoms with Gasteiger partial charge >= 0.3 is 18.1 Å². The van der Waals surface area contributed by atoms with Crippen LogP contribution in [0.3, 0.4) is 0 Å². The Morgan fingerprint density at radius 1 is 0.617 bits per heavy atom. The average Bonchev–Trinajstić information content (AvgIpc) is 3.07. The number of hydrogen-bond acceptors (Lipinski definition) is 6. The molecular weight excluding hydrogens is 609 g/mol. The van der Waals surface area contributed by atoms with Crippen molar-refractivity contribution in [3.05, 3.63) is 83.9 Å². The summed E-state index contributed by atoms with van der Waals surface area (Å²) in [7, 11) is 0. The van der Waals surface area contributed by atoms with Gasteiger partial charge in [0.05, 0.1) is 17.7 Å². The molecule has 0 fully saturated rings. The van der Waals surface area contributed by atoms with Gasteiger partial charge in [0.1, 0.15) is 11.5 Å². The van der Waals surface area contributed by atoms with Crippen molar-refractivity contribution in [3.63, 3.8) is 0 Å². The fraction of sp³-hybridized carbons (Fsp3) is 0.474. The van der Waals surface area contributed by atoms with E-state index in [1.54, 1.807) is 12.1 Å². The third kappa shape index (κ3) is 13.8. The van der Waals surface area contributed by atoms with Crippen LogP contribution in [0, 0.1) is 0 Å². The molecule has 0 aliphatic heterocycles. The van der Waals surface area contributed by atoms with Crippen LogP contribution in [0.25, 0.3) is 11.1 Å². The molecule has 0 unspecified atom stereocenters. The third-order valence-electron chi connectivity index (χ3n) is 7.70. The summed E-state index contributed by atoms with van der Waals surface area (Å²) in [5.41, 5.74) is 2.14. The van der Waals surface area contributed by atoms with E-state index in [2.05, 4.69) is 6.92 Å². The second-order valence-corrected chi connectivity index (χ2v) is 11.5. The summed E-state index contributed by atoms with van der Waals surface area (Å²) in [6, 6.07) is 20.0. The number of halogens is 3. The lowest BCUT2D eigenvalue weighted by atomic mass is 10.0. The molecule has 0 radical (unpaired) electrons. The SMILES string of the molecule is CCCCCCCCCOc1ccc(-c2ccc(C(=O)Oc3ccc(C(=O)O[C@H](CCCCCOCC)C(F)(F)F)cc3)cc2)cc1. The highest BCUT2D eigenvalue weighted by Crippen LogP contribution is 2.29. The highest BCUT2D eigenvalue weighted by atomic mass is 19.4. The van der Waals surface area contributed by atoms with Gasteiger partial charge in [-0.2, -0.15) is 13.2 Å². The molecule has 0 aliphatic rings. The van der Waals surface area contributed by atoms with E-state index in [-0.39, 0.29) is 24.2 Å². The van der Waals surface area contributed by atoms with Crippen molar-refractivity contribution in [1.82, 2.24) is 0 Å². The van der Waals surface area contributed by atoms with Crippen LogP contribution in [0.4, 0.5) is 13.2 Å². The first-order valence-corrected chi connectivity index (χ1v) is 16.7.